The molecule has 1 fully saturated rings. The third-order valence-corrected chi connectivity index (χ3v) is 7.90. The van der Waals surface area contributed by atoms with Crippen LogP contribution >= 0.6 is 11.3 Å². The fraction of sp³-hybridized carbons (Fsp3) is 0.515. The van der Waals surface area contributed by atoms with Crippen LogP contribution in [-0.2, 0) is 35.2 Å². The number of hydrogen-bond donors (Lipinski definition) is 2. The number of aliphatic carboxylic acids is 1. The second-order valence-corrected chi connectivity index (χ2v) is 14.6. The normalized spacial score (nSPS) is 15.3. The van der Waals surface area contributed by atoms with Crippen molar-refractivity contribution in [3.05, 3.63) is 47.7 Å². The molecule has 3 heterocycles. The SMILES string of the molecule is CC(C)(C)OC(=O)Nc1nc(C(=NOC(COc2ccc(-c3cnn(CC[N+]4(C)CCOCC4)c3)cc2)C(=O)OC(C)(C)C)C(=O)O)cs1.[I-]. The molecule has 1 aliphatic rings. The van der Waals surface area contributed by atoms with E-state index in [-0.39, 0.29) is 41.4 Å². The van der Waals surface area contributed by atoms with E-state index in [1.165, 1.54) is 5.38 Å². The van der Waals surface area contributed by atoms with Gasteiger partial charge in [-0.2, -0.15) is 5.10 Å². The van der Waals surface area contributed by atoms with Crippen molar-refractivity contribution in [2.24, 2.45) is 5.16 Å². The highest BCUT2D eigenvalue weighted by Gasteiger charge is 2.30. The maximum Gasteiger partial charge on any atom is 0.413 e. The minimum absolute atomic E-state index is 0. The summed E-state index contributed by atoms with van der Waals surface area (Å²) in [4.78, 5) is 46.7. The Kier molecular flexibility index (Phi) is 14.1. The van der Waals surface area contributed by atoms with Crippen molar-refractivity contribution < 1.29 is 71.7 Å². The average Bonchev–Trinajstić information content (AvgIpc) is 3.66. The monoisotopic (exact) mass is 828 g/mol. The molecule has 1 aliphatic heterocycles. The van der Waals surface area contributed by atoms with Crippen molar-refractivity contribution in [2.75, 3.05) is 51.8 Å². The number of anilines is 1. The van der Waals surface area contributed by atoms with Gasteiger partial charge in [-0.05, 0) is 59.2 Å². The molecule has 274 valence electrons. The lowest BCUT2D eigenvalue weighted by molar-refractivity contribution is -0.917. The third-order valence-electron chi connectivity index (χ3n) is 7.14. The van der Waals surface area contributed by atoms with Crippen LogP contribution in [0.25, 0.3) is 11.1 Å². The standard InChI is InChI=1S/C33H44N6O9S.HI/c1-32(2,3)46-29(42)26(48-37-27(28(40)41)25-21-49-30(35-25)36-31(43)47-33(4,5)6)20-45-24-10-8-22(9-11-24)23-18-34-38(19-23)12-13-39(7)14-16-44-17-15-39;/h8-11,18-19,21,26H,12-17,20H2,1-7H3,(H-,35,36,40,41,43);1H. The summed E-state index contributed by atoms with van der Waals surface area (Å²) in [5, 5.41) is 22.0. The Hall–Kier alpha value is -3.81. The quantitative estimate of drug-likeness (QED) is 0.0840. The van der Waals surface area contributed by atoms with Crippen LogP contribution in [0.2, 0.25) is 0 Å². The molecule has 4 rings (SSSR count). The second kappa shape index (κ2) is 17.4. The molecular formula is C33H45IN6O9S. The molecule has 1 atom stereocenters. The first-order valence-corrected chi connectivity index (χ1v) is 16.7. The minimum Gasteiger partial charge on any atom is -1.00 e. The van der Waals surface area contributed by atoms with Crippen LogP contribution in [0.15, 0.2) is 47.2 Å². The summed E-state index contributed by atoms with van der Waals surface area (Å²) < 4.78 is 24.9. The number of aromatic nitrogens is 3. The molecule has 2 aromatic heterocycles. The van der Waals surface area contributed by atoms with Crippen LogP contribution in [0, 0.1) is 0 Å². The van der Waals surface area contributed by atoms with E-state index in [4.69, 9.17) is 23.8 Å². The molecule has 0 radical (unpaired) electrons. The van der Waals surface area contributed by atoms with Crippen LogP contribution in [-0.4, -0.2) is 112 Å². The highest BCUT2D eigenvalue weighted by Crippen LogP contribution is 2.23. The number of esters is 1. The zero-order chi connectivity index (χ0) is 35.8. The second-order valence-electron chi connectivity index (χ2n) is 13.8. The predicted octanol–water partition coefficient (Wildman–Crippen LogP) is 1.43. The lowest BCUT2D eigenvalue weighted by atomic mass is 10.1. The molecule has 0 spiro atoms. The maximum atomic E-state index is 13.0. The predicted molar refractivity (Wildman–Crippen MR) is 182 cm³/mol. The molecule has 0 aliphatic carbocycles. The van der Waals surface area contributed by atoms with Gasteiger partial charge in [0.2, 0.25) is 5.71 Å². The molecule has 3 aromatic rings. The van der Waals surface area contributed by atoms with Crippen LogP contribution < -0.4 is 34.0 Å². The first-order chi connectivity index (χ1) is 23.0. The van der Waals surface area contributed by atoms with Gasteiger partial charge in [-0.25, -0.2) is 19.4 Å². The maximum absolute atomic E-state index is 13.0. The van der Waals surface area contributed by atoms with E-state index < -0.39 is 41.0 Å². The number of nitrogens with zero attached hydrogens (tertiary/aromatic N) is 5. The first-order valence-electron chi connectivity index (χ1n) is 15.8. The number of ether oxygens (including phenoxy) is 4. The number of carboxylic acids is 1. The molecule has 0 bridgehead atoms. The number of morpholine rings is 1. The van der Waals surface area contributed by atoms with Crippen LogP contribution in [0.4, 0.5) is 9.93 Å². The summed E-state index contributed by atoms with van der Waals surface area (Å²) in [6, 6.07) is 7.25. The van der Waals surface area contributed by atoms with E-state index in [0.29, 0.717) is 5.75 Å². The molecule has 2 N–H and O–H groups in total. The van der Waals surface area contributed by atoms with E-state index in [1.807, 2.05) is 29.2 Å². The summed E-state index contributed by atoms with van der Waals surface area (Å²) in [5.41, 5.74) is -0.392. The van der Waals surface area contributed by atoms with Crippen LogP contribution in [0.1, 0.15) is 47.2 Å². The van der Waals surface area contributed by atoms with Crippen molar-refractivity contribution in [1.82, 2.24) is 14.8 Å². The van der Waals surface area contributed by atoms with Crippen molar-refractivity contribution in [1.29, 1.82) is 0 Å². The molecule has 1 amide bonds. The van der Waals surface area contributed by atoms with Crippen molar-refractivity contribution in [3.8, 4) is 16.9 Å². The number of quaternary nitrogens is 1. The molecule has 0 saturated carbocycles. The number of benzene rings is 1. The lowest BCUT2D eigenvalue weighted by Gasteiger charge is -2.37. The summed E-state index contributed by atoms with van der Waals surface area (Å²) in [7, 11) is 2.24. The summed E-state index contributed by atoms with van der Waals surface area (Å²) in [6.07, 6.45) is 1.66. The Balaban J connectivity index is 0.00000676. The summed E-state index contributed by atoms with van der Waals surface area (Å²) in [6.45, 7) is 15.2. The van der Waals surface area contributed by atoms with E-state index >= 15 is 0 Å². The third kappa shape index (κ3) is 12.8. The van der Waals surface area contributed by atoms with Gasteiger partial charge in [0.05, 0.1) is 39.5 Å². The number of rotatable bonds is 13. The van der Waals surface area contributed by atoms with Gasteiger partial charge in [-0.3, -0.25) is 10.00 Å². The number of oxime groups is 1. The molecule has 1 aromatic carbocycles. The van der Waals surface area contributed by atoms with Gasteiger partial charge in [0.1, 0.15) is 42.3 Å². The van der Waals surface area contributed by atoms with Crippen molar-refractivity contribution >= 4 is 40.2 Å². The Morgan fingerprint density at radius 2 is 1.72 bits per heavy atom. The van der Waals surface area contributed by atoms with Gasteiger partial charge in [0, 0.05) is 17.1 Å². The van der Waals surface area contributed by atoms with E-state index in [0.717, 1.165) is 66.3 Å². The zero-order valence-electron chi connectivity index (χ0n) is 29.3. The van der Waals surface area contributed by atoms with Gasteiger partial charge in [-0.15, -0.1) is 11.3 Å². The fourth-order valence-electron chi connectivity index (χ4n) is 4.55. The Bertz CT molecular complexity index is 1620. The average molecular weight is 829 g/mol. The number of carbonyl (C=O) groups is 3. The summed E-state index contributed by atoms with van der Waals surface area (Å²) >= 11 is 0.965. The van der Waals surface area contributed by atoms with E-state index in [1.54, 1.807) is 53.7 Å². The van der Waals surface area contributed by atoms with Gasteiger partial charge < -0.3 is 57.4 Å². The topological polar surface area (TPSA) is 173 Å². The number of hydrogen-bond acceptors (Lipinski definition) is 12. The lowest BCUT2D eigenvalue weighted by Crippen LogP contribution is -3.00. The minimum atomic E-state index is -1.46. The van der Waals surface area contributed by atoms with Gasteiger partial charge in [0.15, 0.2) is 5.13 Å². The fourth-order valence-corrected chi connectivity index (χ4v) is 5.23. The van der Waals surface area contributed by atoms with Crippen LogP contribution in [0.5, 0.6) is 5.75 Å². The zero-order valence-corrected chi connectivity index (χ0v) is 32.3. The number of carbonyl (C=O) groups excluding carboxylic acids is 2. The van der Waals surface area contributed by atoms with E-state index in [2.05, 4.69) is 27.6 Å². The number of nitrogens with one attached hydrogen (secondary N) is 1. The molecule has 50 heavy (non-hydrogen) atoms. The largest absolute Gasteiger partial charge is 1.00 e. The smallest absolute Gasteiger partial charge is 0.413 e. The molecular weight excluding hydrogens is 783 g/mol. The number of likely N-dealkylation sites (N-methyl/N-ethyl adjacent to an activating group) is 1. The Morgan fingerprint density at radius 1 is 1.06 bits per heavy atom. The first kappa shape index (κ1) is 40.6. The van der Waals surface area contributed by atoms with E-state index in [9.17, 15) is 19.5 Å². The highest BCUT2D eigenvalue weighted by molar-refractivity contribution is 7.14. The summed E-state index contributed by atoms with van der Waals surface area (Å²) in [5.74, 6) is -1.82. The molecule has 17 heteroatoms. The number of halogens is 1. The van der Waals surface area contributed by atoms with Crippen LogP contribution in [0.3, 0.4) is 0 Å². The van der Waals surface area contributed by atoms with Gasteiger partial charge in [-0.1, -0.05) is 17.3 Å². The Morgan fingerprint density at radius 3 is 2.34 bits per heavy atom. The van der Waals surface area contributed by atoms with Crippen molar-refractivity contribution in [3.63, 3.8) is 0 Å². The Labute approximate surface area is 312 Å². The highest BCUT2D eigenvalue weighted by atomic mass is 127. The number of amides is 1. The van der Waals surface area contributed by atoms with Crippen molar-refractivity contribution in [2.45, 2.75) is 65.4 Å². The number of thiazole rings is 1. The van der Waals surface area contributed by atoms with Gasteiger partial charge >= 0.3 is 18.0 Å². The molecule has 15 nitrogen and oxygen atoms in total. The molecule has 1 unspecified atom stereocenters. The van der Waals surface area contributed by atoms with Gasteiger partial charge in [0.25, 0.3) is 6.10 Å². The number of carboxylic acid groups (broad SMARTS) is 1. The molecule has 1 saturated heterocycles.